The lowest BCUT2D eigenvalue weighted by atomic mass is 10.1. The van der Waals surface area contributed by atoms with E-state index in [0.29, 0.717) is 11.6 Å². The first-order valence-corrected chi connectivity index (χ1v) is 4.69. The molecule has 1 atom stereocenters. The van der Waals surface area contributed by atoms with Crippen LogP contribution in [0.3, 0.4) is 0 Å². The Morgan fingerprint density at radius 3 is 2.64 bits per heavy atom. The van der Waals surface area contributed by atoms with Crippen LogP contribution in [0.25, 0.3) is 0 Å². The standard InChI is InChI=1S/C11H11F2N/c1-7-2-5-11(14-7)8-3-4-9(12)10(13)6-8/h3-4,6-7H,2,5H2,1H3/t7-/m0/s1. The van der Waals surface area contributed by atoms with Crippen LogP contribution in [0.5, 0.6) is 0 Å². The van der Waals surface area contributed by atoms with Gasteiger partial charge in [-0.1, -0.05) is 6.07 Å². The Labute approximate surface area is 81.5 Å². The Kier molecular flexibility index (Phi) is 2.32. The van der Waals surface area contributed by atoms with Crippen molar-refractivity contribution in [2.75, 3.05) is 0 Å². The minimum atomic E-state index is -0.805. The predicted molar refractivity (Wildman–Crippen MR) is 51.6 cm³/mol. The second-order valence-electron chi connectivity index (χ2n) is 3.59. The molecule has 0 unspecified atom stereocenters. The molecule has 1 aromatic carbocycles. The van der Waals surface area contributed by atoms with E-state index >= 15 is 0 Å². The Hall–Kier alpha value is -1.25. The highest BCUT2D eigenvalue weighted by Gasteiger charge is 2.15. The molecule has 0 N–H and O–H groups in total. The lowest BCUT2D eigenvalue weighted by molar-refractivity contribution is 0.508. The molecule has 0 radical (unpaired) electrons. The summed E-state index contributed by atoms with van der Waals surface area (Å²) in [6.07, 6.45) is 1.85. The number of rotatable bonds is 1. The van der Waals surface area contributed by atoms with Gasteiger partial charge in [-0.2, -0.15) is 0 Å². The van der Waals surface area contributed by atoms with Crippen LogP contribution in [-0.2, 0) is 0 Å². The van der Waals surface area contributed by atoms with Gasteiger partial charge in [0.05, 0.1) is 0 Å². The van der Waals surface area contributed by atoms with Crippen LogP contribution >= 0.6 is 0 Å². The average Bonchev–Trinajstić information content (AvgIpc) is 2.57. The Morgan fingerprint density at radius 2 is 2.07 bits per heavy atom. The molecule has 0 aromatic heterocycles. The number of halogens is 2. The highest BCUT2D eigenvalue weighted by molar-refractivity contribution is 6.01. The molecule has 74 valence electrons. The first-order valence-electron chi connectivity index (χ1n) is 4.69. The molecular weight excluding hydrogens is 184 g/mol. The van der Waals surface area contributed by atoms with E-state index in [9.17, 15) is 8.78 Å². The van der Waals surface area contributed by atoms with Gasteiger partial charge in [-0.05, 0) is 37.5 Å². The van der Waals surface area contributed by atoms with Gasteiger partial charge in [0.1, 0.15) is 0 Å². The largest absolute Gasteiger partial charge is 0.286 e. The van der Waals surface area contributed by atoms with Crippen molar-refractivity contribution in [1.29, 1.82) is 0 Å². The van der Waals surface area contributed by atoms with Gasteiger partial charge in [0.15, 0.2) is 11.6 Å². The van der Waals surface area contributed by atoms with Crippen molar-refractivity contribution in [3.05, 3.63) is 35.4 Å². The van der Waals surface area contributed by atoms with Crippen LogP contribution in [-0.4, -0.2) is 11.8 Å². The summed E-state index contributed by atoms with van der Waals surface area (Å²) in [6, 6.07) is 4.25. The van der Waals surface area contributed by atoms with Gasteiger partial charge in [0, 0.05) is 11.8 Å². The monoisotopic (exact) mass is 195 g/mol. The van der Waals surface area contributed by atoms with E-state index in [1.807, 2.05) is 6.92 Å². The minimum Gasteiger partial charge on any atom is -0.286 e. The molecule has 0 saturated heterocycles. The zero-order valence-corrected chi connectivity index (χ0v) is 7.93. The zero-order valence-electron chi connectivity index (χ0n) is 7.93. The third-order valence-electron chi connectivity index (χ3n) is 2.43. The molecule has 0 aliphatic carbocycles. The molecule has 14 heavy (non-hydrogen) atoms. The SMILES string of the molecule is C[C@H]1CCC(c2ccc(F)c(F)c2)=N1. The van der Waals surface area contributed by atoms with E-state index in [2.05, 4.69) is 4.99 Å². The maximum absolute atomic E-state index is 12.9. The normalized spacial score (nSPS) is 21.1. The lowest BCUT2D eigenvalue weighted by Gasteiger charge is -2.00. The molecule has 1 aliphatic rings. The van der Waals surface area contributed by atoms with Crippen LogP contribution in [0.2, 0.25) is 0 Å². The fourth-order valence-electron chi connectivity index (χ4n) is 1.64. The Bertz CT molecular complexity index is 385. The number of hydrogen-bond donors (Lipinski definition) is 0. The van der Waals surface area contributed by atoms with Crippen LogP contribution in [0.15, 0.2) is 23.2 Å². The highest BCUT2D eigenvalue weighted by Crippen LogP contribution is 2.19. The van der Waals surface area contributed by atoms with E-state index < -0.39 is 11.6 Å². The van der Waals surface area contributed by atoms with Crippen LogP contribution in [0.1, 0.15) is 25.3 Å². The van der Waals surface area contributed by atoms with Crippen LogP contribution in [0.4, 0.5) is 8.78 Å². The van der Waals surface area contributed by atoms with Gasteiger partial charge in [-0.3, -0.25) is 4.99 Å². The van der Waals surface area contributed by atoms with Gasteiger partial charge in [-0.15, -0.1) is 0 Å². The number of aliphatic imine (C=N–C) groups is 1. The van der Waals surface area contributed by atoms with Crippen molar-refractivity contribution in [2.24, 2.45) is 4.99 Å². The summed E-state index contributed by atoms with van der Waals surface area (Å²) in [6.45, 7) is 2.02. The van der Waals surface area contributed by atoms with Gasteiger partial charge in [0.25, 0.3) is 0 Å². The molecule has 1 heterocycles. The highest BCUT2D eigenvalue weighted by atomic mass is 19.2. The van der Waals surface area contributed by atoms with E-state index in [1.54, 1.807) is 6.07 Å². The summed E-state index contributed by atoms with van der Waals surface area (Å²) in [5.41, 5.74) is 1.59. The molecule has 2 rings (SSSR count). The Morgan fingerprint density at radius 1 is 1.29 bits per heavy atom. The predicted octanol–water partition coefficient (Wildman–Crippen LogP) is 2.94. The number of benzene rings is 1. The van der Waals surface area contributed by atoms with Crippen LogP contribution < -0.4 is 0 Å². The zero-order chi connectivity index (χ0) is 10.1. The molecule has 1 nitrogen and oxygen atoms in total. The summed E-state index contributed by atoms with van der Waals surface area (Å²) < 4.78 is 25.5. The summed E-state index contributed by atoms with van der Waals surface area (Å²) >= 11 is 0. The topological polar surface area (TPSA) is 12.4 Å². The maximum Gasteiger partial charge on any atom is 0.159 e. The number of hydrogen-bond acceptors (Lipinski definition) is 1. The minimum absolute atomic E-state index is 0.304. The van der Waals surface area contributed by atoms with Crippen molar-refractivity contribution >= 4 is 5.71 Å². The molecule has 0 amide bonds. The fourth-order valence-corrected chi connectivity index (χ4v) is 1.64. The van der Waals surface area contributed by atoms with Crippen LogP contribution in [0, 0.1) is 11.6 Å². The summed E-state index contributed by atoms with van der Waals surface area (Å²) in [7, 11) is 0. The molecule has 0 fully saturated rings. The average molecular weight is 195 g/mol. The molecule has 0 spiro atoms. The Balaban J connectivity index is 2.34. The maximum atomic E-state index is 12.9. The van der Waals surface area contributed by atoms with E-state index in [-0.39, 0.29) is 0 Å². The van der Waals surface area contributed by atoms with Gasteiger partial charge in [-0.25, -0.2) is 8.78 Å². The van der Waals surface area contributed by atoms with Gasteiger partial charge in [0.2, 0.25) is 0 Å². The fraction of sp³-hybridized carbons (Fsp3) is 0.364. The number of nitrogens with zero attached hydrogens (tertiary/aromatic N) is 1. The van der Waals surface area contributed by atoms with Crippen molar-refractivity contribution in [3.8, 4) is 0 Å². The molecule has 0 saturated carbocycles. The smallest absolute Gasteiger partial charge is 0.159 e. The van der Waals surface area contributed by atoms with E-state index in [0.717, 1.165) is 24.6 Å². The quantitative estimate of drug-likeness (QED) is 0.653. The van der Waals surface area contributed by atoms with Crippen molar-refractivity contribution in [2.45, 2.75) is 25.8 Å². The first kappa shape index (κ1) is 9.31. The van der Waals surface area contributed by atoms with Crippen molar-refractivity contribution in [3.63, 3.8) is 0 Å². The van der Waals surface area contributed by atoms with E-state index in [4.69, 9.17) is 0 Å². The summed E-state index contributed by atoms with van der Waals surface area (Å²) in [4.78, 5) is 4.36. The van der Waals surface area contributed by atoms with Gasteiger partial charge < -0.3 is 0 Å². The molecular formula is C11H11F2N. The van der Waals surface area contributed by atoms with Crippen molar-refractivity contribution in [1.82, 2.24) is 0 Å². The molecule has 1 aromatic rings. The van der Waals surface area contributed by atoms with E-state index in [1.165, 1.54) is 6.07 Å². The third kappa shape index (κ3) is 1.67. The van der Waals surface area contributed by atoms with Crippen molar-refractivity contribution < 1.29 is 8.78 Å². The molecule has 0 bridgehead atoms. The lowest BCUT2D eigenvalue weighted by Crippen LogP contribution is -1.97. The second kappa shape index (κ2) is 3.48. The summed E-state index contributed by atoms with van der Waals surface area (Å²) in [5, 5.41) is 0. The molecule has 3 heteroatoms. The second-order valence-corrected chi connectivity index (χ2v) is 3.59. The molecule has 1 aliphatic heterocycles. The third-order valence-corrected chi connectivity index (χ3v) is 2.43. The summed E-state index contributed by atoms with van der Waals surface area (Å²) in [5.74, 6) is -1.61. The first-order chi connectivity index (χ1) is 6.66. The van der Waals surface area contributed by atoms with Gasteiger partial charge >= 0.3 is 0 Å².